The fourth-order valence-electron chi connectivity index (χ4n) is 3.36. The number of aromatic nitrogens is 1. The van der Waals surface area contributed by atoms with Crippen LogP contribution in [0.1, 0.15) is 12.1 Å². The molecule has 12 nitrogen and oxygen atoms in total. The second-order valence-corrected chi connectivity index (χ2v) is 8.26. The number of carbonyl (C=O) groups is 4. The highest BCUT2D eigenvalue weighted by atomic mass is 32.2. The molecule has 0 unspecified atom stereocenters. The number of anilines is 1. The van der Waals surface area contributed by atoms with Crippen LogP contribution in [0.15, 0.2) is 10.5 Å². The van der Waals surface area contributed by atoms with Crippen molar-refractivity contribution >= 4 is 57.7 Å². The van der Waals surface area contributed by atoms with Crippen LogP contribution in [0.5, 0.6) is 0 Å². The van der Waals surface area contributed by atoms with Crippen molar-refractivity contribution in [1.29, 1.82) is 0 Å². The topological polar surface area (TPSA) is 174 Å². The lowest BCUT2D eigenvalue weighted by Crippen LogP contribution is -2.75. The second-order valence-electron chi connectivity index (χ2n) is 6.05. The van der Waals surface area contributed by atoms with Crippen LogP contribution in [-0.4, -0.2) is 74.0 Å². The molecule has 0 spiro atoms. The van der Waals surface area contributed by atoms with Crippen molar-refractivity contribution in [2.75, 3.05) is 12.8 Å². The summed E-state index contributed by atoms with van der Waals surface area (Å²) in [5.74, 6) is -3.51. The average Bonchev–Trinajstić information content (AvgIpc) is 3.27. The highest BCUT2D eigenvalue weighted by Crippen LogP contribution is 2.55. The number of nitrogens with zero attached hydrogens (tertiary/aromatic N) is 3. The number of carbonyl (C=O) groups excluding carboxylic acids is 3. The molecular formula is C14H13N5O7S2. The third-order valence-corrected chi connectivity index (χ3v) is 6.77. The van der Waals surface area contributed by atoms with Crippen LogP contribution in [0.3, 0.4) is 0 Å². The number of nitrogens with one attached hydrogen (secondary N) is 1. The normalized spacial score (nSPS) is 31.0. The Morgan fingerprint density at radius 1 is 1.54 bits per heavy atom. The van der Waals surface area contributed by atoms with Gasteiger partial charge in [0.2, 0.25) is 0 Å². The Labute approximate surface area is 165 Å². The number of carboxylic acid groups (broad SMARTS) is 1. The molecule has 0 aromatic carbocycles. The summed E-state index contributed by atoms with van der Waals surface area (Å²) in [7, 11) is 1.25. The van der Waals surface area contributed by atoms with Crippen molar-refractivity contribution in [2.24, 2.45) is 5.16 Å². The predicted molar refractivity (Wildman–Crippen MR) is 95.1 cm³/mol. The third-order valence-electron chi connectivity index (χ3n) is 4.52. The summed E-state index contributed by atoms with van der Waals surface area (Å²) >= 11 is 2.20. The van der Waals surface area contributed by atoms with Gasteiger partial charge in [-0.25, -0.2) is 9.78 Å². The number of fused-ring (bicyclic) bond motifs is 3. The monoisotopic (exact) mass is 427 g/mol. The van der Waals surface area contributed by atoms with Gasteiger partial charge in [-0.3, -0.25) is 19.3 Å². The van der Waals surface area contributed by atoms with E-state index in [4.69, 9.17) is 10.5 Å². The molecule has 148 valence electrons. The SMILES string of the molecule is CO/N=C(/C(=O)N[C@@H]1C(=O)N2[C@@H]1S[C@@H]1CC(=O)O[C@@]12C(=O)O)c1csc(N)n1. The number of hydrogen-bond acceptors (Lipinski definition) is 11. The lowest BCUT2D eigenvalue weighted by atomic mass is 9.98. The molecule has 3 aliphatic rings. The minimum atomic E-state index is -2.03. The summed E-state index contributed by atoms with van der Waals surface area (Å²) in [5, 5.41) is 16.0. The molecule has 4 rings (SSSR count). The Balaban J connectivity index is 1.54. The summed E-state index contributed by atoms with van der Waals surface area (Å²) < 4.78 is 5.02. The molecule has 28 heavy (non-hydrogen) atoms. The summed E-state index contributed by atoms with van der Waals surface area (Å²) in [4.78, 5) is 58.2. The highest BCUT2D eigenvalue weighted by molar-refractivity contribution is 8.01. The molecule has 4 heterocycles. The number of hydrogen-bond donors (Lipinski definition) is 3. The molecule has 0 saturated carbocycles. The Hall–Kier alpha value is -2.87. The van der Waals surface area contributed by atoms with Gasteiger partial charge in [-0.05, 0) is 0 Å². The van der Waals surface area contributed by atoms with Crippen molar-refractivity contribution < 1.29 is 33.9 Å². The number of nitrogen functional groups attached to an aromatic ring is 1. The van der Waals surface area contributed by atoms with Gasteiger partial charge >= 0.3 is 11.9 Å². The maximum absolute atomic E-state index is 12.6. The van der Waals surface area contributed by atoms with E-state index in [1.807, 2.05) is 0 Å². The van der Waals surface area contributed by atoms with Gasteiger partial charge in [-0.15, -0.1) is 23.1 Å². The van der Waals surface area contributed by atoms with Crippen LogP contribution in [0, 0.1) is 0 Å². The first-order valence-corrected chi connectivity index (χ1v) is 9.69. The van der Waals surface area contributed by atoms with Crippen molar-refractivity contribution in [2.45, 2.75) is 28.8 Å². The van der Waals surface area contributed by atoms with E-state index < -0.39 is 46.1 Å². The Morgan fingerprint density at radius 3 is 2.89 bits per heavy atom. The zero-order chi connectivity index (χ0) is 20.2. The molecule has 0 aliphatic carbocycles. The number of rotatable bonds is 5. The Morgan fingerprint density at radius 2 is 2.29 bits per heavy atom. The van der Waals surface area contributed by atoms with E-state index >= 15 is 0 Å². The largest absolute Gasteiger partial charge is 0.477 e. The van der Waals surface area contributed by atoms with E-state index in [0.717, 1.165) is 28.0 Å². The van der Waals surface area contributed by atoms with Crippen LogP contribution in [0.25, 0.3) is 0 Å². The van der Waals surface area contributed by atoms with Gasteiger partial charge < -0.3 is 25.7 Å². The number of oxime groups is 1. The minimum absolute atomic E-state index is 0.133. The van der Waals surface area contributed by atoms with Gasteiger partial charge in [0.15, 0.2) is 10.8 Å². The van der Waals surface area contributed by atoms with Gasteiger partial charge in [0, 0.05) is 5.38 Å². The van der Waals surface area contributed by atoms with Gasteiger partial charge in [-0.1, -0.05) is 5.16 Å². The van der Waals surface area contributed by atoms with Crippen LogP contribution >= 0.6 is 23.1 Å². The van der Waals surface area contributed by atoms with Gasteiger partial charge in [0.25, 0.3) is 17.5 Å². The van der Waals surface area contributed by atoms with E-state index in [-0.39, 0.29) is 23.0 Å². The number of aliphatic carboxylic acids is 1. The highest BCUT2D eigenvalue weighted by Gasteiger charge is 2.75. The number of thiazole rings is 1. The maximum Gasteiger partial charge on any atom is 0.371 e. The van der Waals surface area contributed by atoms with Gasteiger partial charge in [0.05, 0.1) is 11.7 Å². The van der Waals surface area contributed by atoms with Gasteiger partial charge in [0.1, 0.15) is 24.2 Å². The fraction of sp³-hybridized carbons (Fsp3) is 0.429. The first-order chi connectivity index (χ1) is 13.3. The first kappa shape index (κ1) is 18.5. The lowest BCUT2D eigenvalue weighted by molar-refractivity contribution is -0.204. The molecule has 14 heteroatoms. The van der Waals surface area contributed by atoms with Crippen molar-refractivity contribution in [1.82, 2.24) is 15.2 Å². The molecule has 4 atom stereocenters. The minimum Gasteiger partial charge on any atom is -0.477 e. The number of β-lactam (4-membered cyclic amide) rings is 1. The molecule has 3 saturated heterocycles. The number of ether oxygens (including phenoxy) is 1. The predicted octanol–water partition coefficient (Wildman–Crippen LogP) is -1.43. The standard InChI is InChI=1S/C14H13N5O7S2/c1-25-18-7(4-3-27-13(15)16-4)9(21)17-8-10(22)19-11(8)28-5-2-6(20)26-14(5,19)12(23)24/h3,5,8,11H,2H2,1H3,(H2,15,16)(H,17,21)(H,23,24)/b18-7+/t5-,8-,11-,14-/m1/s1. The van der Waals surface area contributed by atoms with Crippen LogP contribution in [0.2, 0.25) is 0 Å². The van der Waals surface area contributed by atoms with E-state index in [2.05, 4.69) is 20.3 Å². The lowest BCUT2D eigenvalue weighted by Gasteiger charge is -2.46. The number of thioether (sulfide) groups is 1. The molecule has 4 N–H and O–H groups in total. The molecule has 2 amide bonds. The van der Waals surface area contributed by atoms with Crippen LogP contribution < -0.4 is 11.1 Å². The molecule has 0 bridgehead atoms. The van der Waals surface area contributed by atoms with Crippen molar-refractivity contribution in [3.8, 4) is 0 Å². The summed E-state index contributed by atoms with van der Waals surface area (Å²) in [6.07, 6.45) is -0.133. The van der Waals surface area contributed by atoms with Gasteiger partial charge in [-0.2, -0.15) is 0 Å². The molecule has 0 radical (unpaired) electrons. The Kier molecular flexibility index (Phi) is 4.19. The summed E-state index contributed by atoms with van der Waals surface area (Å²) in [6.45, 7) is 0. The van der Waals surface area contributed by atoms with E-state index in [0.29, 0.717) is 0 Å². The quantitative estimate of drug-likeness (QED) is 0.219. The summed E-state index contributed by atoms with van der Waals surface area (Å²) in [5.41, 5.74) is 3.54. The fourth-order valence-corrected chi connectivity index (χ4v) is 5.65. The zero-order valence-electron chi connectivity index (χ0n) is 14.1. The van der Waals surface area contributed by atoms with E-state index in [9.17, 15) is 24.3 Å². The molecule has 1 aromatic rings. The number of esters is 1. The first-order valence-electron chi connectivity index (χ1n) is 7.87. The zero-order valence-corrected chi connectivity index (χ0v) is 15.8. The summed E-state index contributed by atoms with van der Waals surface area (Å²) in [6, 6.07) is -1.00. The second kappa shape index (κ2) is 6.34. The molecule has 1 aromatic heterocycles. The van der Waals surface area contributed by atoms with E-state index in [1.165, 1.54) is 12.5 Å². The van der Waals surface area contributed by atoms with E-state index in [1.54, 1.807) is 0 Å². The average molecular weight is 427 g/mol. The number of carboxylic acids is 1. The molecule has 3 aliphatic heterocycles. The van der Waals surface area contributed by atoms with Crippen LogP contribution in [-0.2, 0) is 28.8 Å². The van der Waals surface area contributed by atoms with Crippen molar-refractivity contribution in [3.05, 3.63) is 11.1 Å². The molecule has 3 fully saturated rings. The smallest absolute Gasteiger partial charge is 0.371 e. The third kappa shape index (κ3) is 2.44. The number of amides is 2. The van der Waals surface area contributed by atoms with Crippen LogP contribution in [0.4, 0.5) is 5.13 Å². The maximum atomic E-state index is 12.6. The molecular weight excluding hydrogens is 414 g/mol. The Bertz CT molecular complexity index is 933. The van der Waals surface area contributed by atoms with Crippen molar-refractivity contribution in [3.63, 3.8) is 0 Å². The number of nitrogens with two attached hydrogens (primary N) is 1.